The summed E-state index contributed by atoms with van der Waals surface area (Å²) >= 11 is 0. The van der Waals surface area contributed by atoms with Crippen LogP contribution in [-0.4, -0.2) is 34.9 Å². The Morgan fingerprint density at radius 1 is 1.05 bits per heavy atom. The molecule has 0 amide bonds. The molecule has 0 aliphatic rings. The van der Waals surface area contributed by atoms with E-state index in [9.17, 15) is 16.8 Å². The van der Waals surface area contributed by atoms with E-state index in [2.05, 4.69) is 0 Å². The summed E-state index contributed by atoms with van der Waals surface area (Å²) in [4.78, 5) is -0.0277. The number of hydrogen-bond acceptors (Lipinski definition) is 5. The smallest absolute Gasteiger partial charge is 0.261 e. The minimum absolute atomic E-state index is 0.0277. The van der Waals surface area contributed by atoms with Crippen molar-refractivity contribution in [2.24, 2.45) is 0 Å². The van der Waals surface area contributed by atoms with Gasteiger partial charge in [0.1, 0.15) is 12.4 Å². The standard InChI is InChI=1S/C11H15ClO5S2/c1-2-8-18(13,14)9-7-17-10-3-5-11(6-4-10)19(12,15)16/h3-6H,2,7-9H2,1H3. The van der Waals surface area contributed by atoms with Crippen LogP contribution in [0.15, 0.2) is 29.2 Å². The number of halogens is 1. The molecule has 8 heteroatoms. The van der Waals surface area contributed by atoms with E-state index in [0.717, 1.165) is 0 Å². The predicted molar refractivity (Wildman–Crippen MR) is 73.9 cm³/mol. The molecule has 0 aromatic heterocycles. The normalized spacial score (nSPS) is 12.3. The molecule has 1 aromatic carbocycles. The first-order valence-electron chi connectivity index (χ1n) is 5.62. The number of hydrogen-bond donors (Lipinski definition) is 0. The Bertz CT molecular complexity index is 605. The summed E-state index contributed by atoms with van der Waals surface area (Å²) < 4.78 is 50.1. The van der Waals surface area contributed by atoms with E-state index < -0.39 is 18.9 Å². The van der Waals surface area contributed by atoms with Crippen LogP contribution < -0.4 is 4.74 Å². The van der Waals surface area contributed by atoms with Crippen LogP contribution in [0.4, 0.5) is 0 Å². The first-order valence-corrected chi connectivity index (χ1v) is 9.75. The summed E-state index contributed by atoms with van der Waals surface area (Å²) in [6, 6.07) is 5.47. The lowest BCUT2D eigenvalue weighted by atomic mass is 10.3. The highest BCUT2D eigenvalue weighted by Crippen LogP contribution is 2.18. The van der Waals surface area contributed by atoms with Crippen LogP contribution in [0.2, 0.25) is 0 Å². The van der Waals surface area contributed by atoms with Gasteiger partial charge in [-0.05, 0) is 30.7 Å². The van der Waals surface area contributed by atoms with Crippen molar-refractivity contribution < 1.29 is 21.6 Å². The summed E-state index contributed by atoms with van der Waals surface area (Å²) in [6.45, 7) is 1.83. The average Bonchev–Trinajstić information content (AvgIpc) is 2.28. The fraction of sp³-hybridized carbons (Fsp3) is 0.455. The number of sulfone groups is 1. The lowest BCUT2D eigenvalue weighted by Crippen LogP contribution is -2.16. The number of benzene rings is 1. The van der Waals surface area contributed by atoms with Crippen molar-refractivity contribution in [3.05, 3.63) is 24.3 Å². The Balaban J connectivity index is 2.56. The van der Waals surface area contributed by atoms with Gasteiger partial charge >= 0.3 is 0 Å². The second kappa shape index (κ2) is 6.58. The third-order valence-corrected chi connectivity index (χ3v) is 5.47. The first kappa shape index (κ1) is 16.3. The van der Waals surface area contributed by atoms with Crippen LogP contribution in [-0.2, 0) is 18.9 Å². The van der Waals surface area contributed by atoms with E-state index in [0.29, 0.717) is 12.2 Å². The lowest BCUT2D eigenvalue weighted by Gasteiger charge is -2.07. The summed E-state index contributed by atoms with van der Waals surface area (Å²) in [6.07, 6.45) is 0.574. The third kappa shape index (κ3) is 5.80. The summed E-state index contributed by atoms with van der Waals surface area (Å²) in [5.74, 6) is 0.478. The second-order valence-electron chi connectivity index (χ2n) is 3.91. The number of ether oxygens (including phenoxy) is 1. The van der Waals surface area contributed by atoms with Gasteiger partial charge in [0.05, 0.1) is 16.4 Å². The monoisotopic (exact) mass is 326 g/mol. The second-order valence-corrected chi connectivity index (χ2v) is 8.78. The van der Waals surface area contributed by atoms with Crippen LogP contribution in [0.3, 0.4) is 0 Å². The molecule has 0 saturated heterocycles. The summed E-state index contributed by atoms with van der Waals surface area (Å²) in [5.41, 5.74) is 0. The topological polar surface area (TPSA) is 77.5 Å². The molecular weight excluding hydrogens is 312 g/mol. The van der Waals surface area contributed by atoms with E-state index in [4.69, 9.17) is 15.4 Å². The van der Waals surface area contributed by atoms with Crippen molar-refractivity contribution in [3.63, 3.8) is 0 Å². The highest BCUT2D eigenvalue weighted by molar-refractivity contribution is 8.13. The molecule has 108 valence electrons. The molecular formula is C11H15ClO5S2. The molecule has 0 N–H and O–H groups in total. The SMILES string of the molecule is CCCS(=O)(=O)CCOc1ccc(S(=O)(=O)Cl)cc1. The van der Waals surface area contributed by atoms with E-state index in [1.165, 1.54) is 24.3 Å². The van der Waals surface area contributed by atoms with Gasteiger partial charge in [-0.1, -0.05) is 6.92 Å². The highest BCUT2D eigenvalue weighted by Gasteiger charge is 2.11. The maximum atomic E-state index is 11.4. The van der Waals surface area contributed by atoms with Crippen LogP contribution in [0, 0.1) is 0 Å². The van der Waals surface area contributed by atoms with Gasteiger partial charge in [-0.25, -0.2) is 16.8 Å². The van der Waals surface area contributed by atoms with Crippen LogP contribution >= 0.6 is 10.7 Å². The van der Waals surface area contributed by atoms with E-state index in [-0.39, 0.29) is 23.0 Å². The quantitative estimate of drug-likeness (QED) is 0.714. The molecule has 1 rings (SSSR count). The minimum Gasteiger partial charge on any atom is -0.493 e. The van der Waals surface area contributed by atoms with Gasteiger partial charge in [0.25, 0.3) is 9.05 Å². The van der Waals surface area contributed by atoms with Gasteiger partial charge in [0, 0.05) is 10.7 Å². The van der Waals surface area contributed by atoms with E-state index in [1.807, 2.05) is 0 Å². The van der Waals surface area contributed by atoms with Crippen molar-refractivity contribution in [2.75, 3.05) is 18.1 Å². The molecule has 0 fully saturated rings. The molecule has 0 spiro atoms. The molecule has 0 saturated carbocycles. The zero-order valence-corrected chi connectivity index (χ0v) is 12.8. The van der Waals surface area contributed by atoms with Crippen molar-refractivity contribution in [1.82, 2.24) is 0 Å². The third-order valence-electron chi connectivity index (χ3n) is 2.28. The molecule has 0 heterocycles. The fourth-order valence-corrected chi connectivity index (χ4v) is 3.33. The average molecular weight is 327 g/mol. The van der Waals surface area contributed by atoms with Crippen LogP contribution in [0.1, 0.15) is 13.3 Å². The van der Waals surface area contributed by atoms with Crippen molar-refractivity contribution in [1.29, 1.82) is 0 Å². The summed E-state index contributed by atoms with van der Waals surface area (Å²) in [7, 11) is -1.66. The van der Waals surface area contributed by atoms with Gasteiger partial charge in [-0.3, -0.25) is 0 Å². The Labute approximate surface area is 117 Å². The van der Waals surface area contributed by atoms with Crippen molar-refractivity contribution in [2.45, 2.75) is 18.2 Å². The zero-order chi connectivity index (χ0) is 14.5. The zero-order valence-electron chi connectivity index (χ0n) is 10.4. The first-order chi connectivity index (χ1) is 8.74. The molecule has 0 atom stereocenters. The fourth-order valence-electron chi connectivity index (χ4n) is 1.40. The molecule has 0 aliphatic heterocycles. The van der Waals surface area contributed by atoms with Gasteiger partial charge in [0.15, 0.2) is 9.84 Å². The van der Waals surface area contributed by atoms with Crippen LogP contribution in [0.5, 0.6) is 5.75 Å². The Morgan fingerprint density at radius 2 is 1.63 bits per heavy atom. The maximum Gasteiger partial charge on any atom is 0.261 e. The molecule has 0 radical (unpaired) electrons. The molecule has 19 heavy (non-hydrogen) atoms. The molecule has 1 aromatic rings. The largest absolute Gasteiger partial charge is 0.493 e. The molecule has 5 nitrogen and oxygen atoms in total. The van der Waals surface area contributed by atoms with Crippen molar-refractivity contribution in [3.8, 4) is 5.75 Å². The van der Waals surface area contributed by atoms with Gasteiger partial charge in [-0.2, -0.15) is 0 Å². The van der Waals surface area contributed by atoms with Gasteiger partial charge < -0.3 is 4.74 Å². The minimum atomic E-state index is -3.75. The summed E-state index contributed by atoms with van der Waals surface area (Å²) in [5, 5.41) is 0. The Hall–Kier alpha value is -0.790. The van der Waals surface area contributed by atoms with Gasteiger partial charge in [0.2, 0.25) is 0 Å². The lowest BCUT2D eigenvalue weighted by molar-refractivity contribution is 0.340. The van der Waals surface area contributed by atoms with E-state index >= 15 is 0 Å². The van der Waals surface area contributed by atoms with Gasteiger partial charge in [-0.15, -0.1) is 0 Å². The Kier molecular flexibility index (Phi) is 5.64. The molecule has 0 unspecified atom stereocenters. The maximum absolute atomic E-state index is 11.4. The molecule has 0 bridgehead atoms. The van der Waals surface area contributed by atoms with Crippen LogP contribution in [0.25, 0.3) is 0 Å². The predicted octanol–water partition coefficient (Wildman–Crippen LogP) is 1.82. The molecule has 0 aliphatic carbocycles. The van der Waals surface area contributed by atoms with E-state index in [1.54, 1.807) is 6.92 Å². The highest BCUT2D eigenvalue weighted by atomic mass is 35.7. The Morgan fingerprint density at radius 3 is 2.11 bits per heavy atom. The number of rotatable bonds is 7. The van der Waals surface area contributed by atoms with Crippen molar-refractivity contribution >= 4 is 29.6 Å².